The third-order valence-corrected chi connectivity index (χ3v) is 5.23. The van der Waals surface area contributed by atoms with E-state index >= 15 is 0 Å². The Labute approximate surface area is 125 Å². The van der Waals surface area contributed by atoms with Gasteiger partial charge in [-0.1, -0.05) is 30.3 Å². The van der Waals surface area contributed by atoms with E-state index in [4.69, 9.17) is 11.6 Å². The van der Waals surface area contributed by atoms with Crippen molar-refractivity contribution in [3.8, 4) is 0 Å². The van der Waals surface area contributed by atoms with Crippen LogP contribution in [0.2, 0.25) is 4.34 Å². The van der Waals surface area contributed by atoms with Gasteiger partial charge >= 0.3 is 0 Å². The minimum atomic E-state index is 0.0259. The maximum absolute atomic E-state index is 11.6. The Hall–Kier alpha value is -0.850. The number of halogens is 1. The van der Waals surface area contributed by atoms with Crippen LogP contribution in [0.25, 0.3) is 10.2 Å². The van der Waals surface area contributed by atoms with Crippen molar-refractivity contribution in [2.24, 2.45) is 0 Å². The highest BCUT2D eigenvalue weighted by atomic mass is 35.5. The molecule has 0 unspecified atom stereocenters. The van der Waals surface area contributed by atoms with E-state index in [2.05, 4.69) is 15.3 Å². The number of rotatable bonds is 5. The highest BCUT2D eigenvalue weighted by molar-refractivity contribution is 8.00. The molecule has 7 heteroatoms. The molecule has 2 aromatic rings. The van der Waals surface area contributed by atoms with E-state index in [-0.39, 0.29) is 5.91 Å². The average Bonchev–Trinajstić information content (AvgIpc) is 2.70. The Kier molecular flexibility index (Phi) is 5.01. The molecule has 0 aliphatic carbocycles. The molecule has 2 rings (SSSR count). The fourth-order valence-corrected chi connectivity index (χ4v) is 3.74. The molecule has 0 aliphatic heterocycles. The molecule has 0 aliphatic rings. The Balaban J connectivity index is 2.13. The summed E-state index contributed by atoms with van der Waals surface area (Å²) in [7, 11) is 0. The second kappa shape index (κ2) is 6.54. The summed E-state index contributed by atoms with van der Waals surface area (Å²) in [4.78, 5) is 20.1. The predicted octanol–water partition coefficient (Wildman–Crippen LogP) is 3.27. The standard InChI is InChI=1S/C12H14ClN3OS2/c1-3-4-14-8(17)5-18-12-10-9(15-6-16-12)7(2)11(13)19-10/h6H,3-5H2,1-2H3,(H,14,17). The number of thiophene rings is 1. The van der Waals surface area contributed by atoms with Gasteiger partial charge in [0.25, 0.3) is 0 Å². The van der Waals surface area contributed by atoms with Crippen molar-refractivity contribution in [2.45, 2.75) is 25.3 Å². The second-order valence-electron chi connectivity index (χ2n) is 4.00. The monoisotopic (exact) mass is 315 g/mol. The number of hydrogen-bond acceptors (Lipinski definition) is 5. The lowest BCUT2D eigenvalue weighted by molar-refractivity contribution is -0.118. The van der Waals surface area contributed by atoms with E-state index in [0.29, 0.717) is 12.3 Å². The third kappa shape index (κ3) is 3.38. The van der Waals surface area contributed by atoms with Crippen LogP contribution >= 0.6 is 34.7 Å². The summed E-state index contributed by atoms with van der Waals surface area (Å²) in [5.74, 6) is 0.388. The number of nitrogens with one attached hydrogen (secondary N) is 1. The minimum Gasteiger partial charge on any atom is -0.355 e. The summed E-state index contributed by atoms with van der Waals surface area (Å²) in [5, 5.41) is 3.66. The van der Waals surface area contributed by atoms with Gasteiger partial charge in [0.05, 0.1) is 20.3 Å². The van der Waals surface area contributed by atoms with E-state index in [1.807, 2.05) is 13.8 Å². The van der Waals surface area contributed by atoms with E-state index in [1.165, 1.54) is 29.4 Å². The first-order chi connectivity index (χ1) is 9.13. The Morgan fingerprint density at radius 3 is 3.05 bits per heavy atom. The number of aryl methyl sites for hydroxylation is 1. The summed E-state index contributed by atoms with van der Waals surface area (Å²) in [6, 6.07) is 0. The number of carbonyl (C=O) groups is 1. The van der Waals surface area contributed by atoms with E-state index < -0.39 is 0 Å². The van der Waals surface area contributed by atoms with Gasteiger partial charge in [-0.3, -0.25) is 4.79 Å². The summed E-state index contributed by atoms with van der Waals surface area (Å²) in [6.07, 6.45) is 2.46. The fraction of sp³-hybridized carbons (Fsp3) is 0.417. The van der Waals surface area contributed by atoms with Gasteiger partial charge < -0.3 is 5.32 Å². The molecule has 1 N–H and O–H groups in total. The SMILES string of the molecule is CCCNC(=O)CSc1ncnc2c(C)c(Cl)sc12. The second-order valence-corrected chi connectivity index (χ2v) is 6.58. The first-order valence-electron chi connectivity index (χ1n) is 5.92. The molecule has 2 aromatic heterocycles. The van der Waals surface area contributed by atoms with Gasteiger partial charge in [0.1, 0.15) is 11.4 Å². The lowest BCUT2D eigenvalue weighted by Gasteiger charge is -2.03. The molecular weight excluding hydrogens is 302 g/mol. The van der Waals surface area contributed by atoms with Gasteiger partial charge in [-0.15, -0.1) is 11.3 Å². The Bertz CT molecular complexity index is 600. The molecule has 0 bridgehead atoms. The summed E-state index contributed by atoms with van der Waals surface area (Å²) in [6.45, 7) is 4.68. The molecule has 0 atom stereocenters. The zero-order valence-electron chi connectivity index (χ0n) is 10.7. The van der Waals surface area contributed by atoms with E-state index in [1.54, 1.807) is 0 Å². The molecule has 0 aromatic carbocycles. The molecule has 102 valence electrons. The van der Waals surface area contributed by atoms with Crippen molar-refractivity contribution in [3.05, 3.63) is 16.2 Å². The van der Waals surface area contributed by atoms with E-state index in [0.717, 1.165) is 31.6 Å². The van der Waals surface area contributed by atoms with Crippen LogP contribution in [0.1, 0.15) is 18.9 Å². The van der Waals surface area contributed by atoms with Crippen molar-refractivity contribution in [3.63, 3.8) is 0 Å². The highest BCUT2D eigenvalue weighted by Crippen LogP contribution is 2.37. The van der Waals surface area contributed by atoms with Gasteiger partial charge in [-0.25, -0.2) is 9.97 Å². The van der Waals surface area contributed by atoms with Crippen molar-refractivity contribution < 1.29 is 4.79 Å². The van der Waals surface area contributed by atoms with Gasteiger partial charge in [-0.05, 0) is 13.3 Å². The molecule has 0 radical (unpaired) electrons. The van der Waals surface area contributed by atoms with Crippen LogP contribution in [0.3, 0.4) is 0 Å². The lowest BCUT2D eigenvalue weighted by atomic mass is 10.3. The zero-order valence-corrected chi connectivity index (χ0v) is 13.1. The quantitative estimate of drug-likeness (QED) is 0.679. The Morgan fingerprint density at radius 2 is 2.32 bits per heavy atom. The van der Waals surface area contributed by atoms with Crippen molar-refractivity contribution in [1.82, 2.24) is 15.3 Å². The highest BCUT2D eigenvalue weighted by Gasteiger charge is 2.13. The first-order valence-corrected chi connectivity index (χ1v) is 8.10. The maximum Gasteiger partial charge on any atom is 0.230 e. The van der Waals surface area contributed by atoms with Crippen molar-refractivity contribution in [1.29, 1.82) is 0 Å². The zero-order chi connectivity index (χ0) is 13.8. The number of thioether (sulfide) groups is 1. The van der Waals surface area contributed by atoms with Gasteiger partial charge in [-0.2, -0.15) is 0 Å². The van der Waals surface area contributed by atoms with Crippen LogP contribution in [0, 0.1) is 6.92 Å². The number of carbonyl (C=O) groups excluding carboxylic acids is 1. The predicted molar refractivity (Wildman–Crippen MR) is 81.2 cm³/mol. The molecule has 0 saturated heterocycles. The van der Waals surface area contributed by atoms with Crippen LogP contribution in [-0.4, -0.2) is 28.2 Å². The lowest BCUT2D eigenvalue weighted by Crippen LogP contribution is -2.25. The third-order valence-electron chi connectivity index (χ3n) is 2.52. The largest absolute Gasteiger partial charge is 0.355 e. The number of nitrogens with zero attached hydrogens (tertiary/aromatic N) is 2. The number of amides is 1. The molecule has 2 heterocycles. The van der Waals surface area contributed by atoms with E-state index in [9.17, 15) is 4.79 Å². The number of fused-ring (bicyclic) bond motifs is 1. The van der Waals surface area contributed by atoms with Crippen molar-refractivity contribution in [2.75, 3.05) is 12.3 Å². The van der Waals surface area contributed by atoms with Crippen LogP contribution in [-0.2, 0) is 4.79 Å². The first kappa shape index (κ1) is 14.6. The Morgan fingerprint density at radius 1 is 1.53 bits per heavy atom. The number of aromatic nitrogens is 2. The molecule has 19 heavy (non-hydrogen) atoms. The number of hydrogen-bond donors (Lipinski definition) is 1. The van der Waals surface area contributed by atoms with Gasteiger partial charge in [0.15, 0.2) is 0 Å². The molecule has 0 spiro atoms. The smallest absolute Gasteiger partial charge is 0.230 e. The fourth-order valence-electron chi connectivity index (χ4n) is 1.53. The summed E-state index contributed by atoms with van der Waals surface area (Å²) < 4.78 is 1.69. The summed E-state index contributed by atoms with van der Waals surface area (Å²) >= 11 is 9.00. The van der Waals surface area contributed by atoms with Crippen LogP contribution in [0.5, 0.6) is 0 Å². The van der Waals surface area contributed by atoms with Crippen molar-refractivity contribution >= 4 is 50.8 Å². The molecule has 1 amide bonds. The molecule has 0 saturated carbocycles. The average molecular weight is 316 g/mol. The minimum absolute atomic E-state index is 0.0259. The van der Waals surface area contributed by atoms with Crippen LogP contribution < -0.4 is 5.32 Å². The topological polar surface area (TPSA) is 54.9 Å². The van der Waals surface area contributed by atoms with Gasteiger partial charge in [0, 0.05) is 12.1 Å². The molecule has 4 nitrogen and oxygen atoms in total. The van der Waals surface area contributed by atoms with Crippen LogP contribution in [0.4, 0.5) is 0 Å². The molecule has 0 fully saturated rings. The van der Waals surface area contributed by atoms with Crippen LogP contribution in [0.15, 0.2) is 11.4 Å². The van der Waals surface area contributed by atoms with Gasteiger partial charge in [0.2, 0.25) is 5.91 Å². The summed E-state index contributed by atoms with van der Waals surface area (Å²) in [5.41, 5.74) is 1.85. The maximum atomic E-state index is 11.6. The normalized spacial score (nSPS) is 10.9. The molecular formula is C12H14ClN3OS2.